The number of fused-ring (bicyclic) bond motifs is 1. The van der Waals surface area contributed by atoms with Crippen LogP contribution in [0.3, 0.4) is 0 Å². The molecule has 0 unspecified atom stereocenters. The van der Waals surface area contributed by atoms with Crippen LogP contribution in [0, 0.1) is 0 Å². The Bertz CT molecular complexity index is 1140. The van der Waals surface area contributed by atoms with Gasteiger partial charge in [0, 0.05) is 19.0 Å². The number of carbonyl (C=O) groups is 2. The lowest BCUT2D eigenvalue weighted by Crippen LogP contribution is -2.26. The second-order valence-corrected chi connectivity index (χ2v) is 8.80. The molecule has 0 aliphatic carbocycles. The number of sulfone groups is 1. The van der Waals surface area contributed by atoms with Crippen LogP contribution in [0.5, 0.6) is 0 Å². The van der Waals surface area contributed by atoms with Gasteiger partial charge in [0.2, 0.25) is 0 Å². The quantitative estimate of drug-likeness (QED) is 0.582. The van der Waals surface area contributed by atoms with Crippen molar-refractivity contribution >= 4 is 43.6 Å². The van der Waals surface area contributed by atoms with Crippen LogP contribution in [0.2, 0.25) is 0 Å². The lowest BCUT2D eigenvalue weighted by molar-refractivity contribution is 0.0953. The van der Waals surface area contributed by atoms with Gasteiger partial charge in [-0.15, -0.1) is 0 Å². The van der Waals surface area contributed by atoms with E-state index < -0.39 is 9.84 Å². The molecule has 0 fully saturated rings. The average Bonchev–Trinajstić information content (AvgIpc) is 3.05. The molecule has 27 heavy (non-hydrogen) atoms. The lowest BCUT2D eigenvalue weighted by Gasteiger charge is -2.10. The van der Waals surface area contributed by atoms with Gasteiger partial charge >= 0.3 is 0 Å². The van der Waals surface area contributed by atoms with Gasteiger partial charge in [-0.3, -0.25) is 14.0 Å². The number of benzene rings is 1. The number of hydrogen-bond donors (Lipinski definition) is 1. The first-order valence-corrected chi connectivity index (χ1v) is 10.7. The Morgan fingerprint density at radius 1 is 1.33 bits per heavy atom. The molecule has 140 valence electrons. The number of carbonyl (C=O) groups excluding carboxylic acids is 2. The van der Waals surface area contributed by atoms with E-state index in [9.17, 15) is 18.0 Å². The van der Waals surface area contributed by atoms with Crippen LogP contribution in [0.4, 0.5) is 0 Å². The fourth-order valence-corrected chi connectivity index (χ4v) is 4.27. The van der Waals surface area contributed by atoms with Crippen LogP contribution in [0.15, 0.2) is 52.1 Å². The van der Waals surface area contributed by atoms with Gasteiger partial charge in [0.05, 0.1) is 21.1 Å². The minimum absolute atomic E-state index is 0.262. The smallest absolute Gasteiger partial charge is 0.252 e. The maximum Gasteiger partial charge on any atom is 0.252 e. The number of aldehydes is 1. The van der Waals surface area contributed by atoms with E-state index in [-0.39, 0.29) is 17.3 Å². The van der Waals surface area contributed by atoms with Crippen molar-refractivity contribution in [3.8, 4) is 0 Å². The summed E-state index contributed by atoms with van der Waals surface area (Å²) in [7, 11) is -3.33. The SMILES string of the molecule is CS(=O)(=O)c1ccccc1CCNC(=O)c1cc(Br)c2ncc(C=O)n2c1. The predicted octanol–water partition coefficient (Wildman–Crippen LogP) is 2.29. The minimum atomic E-state index is -3.33. The summed E-state index contributed by atoms with van der Waals surface area (Å²) in [6.45, 7) is 0.269. The van der Waals surface area contributed by atoms with Crippen LogP contribution in [0.1, 0.15) is 26.4 Å². The molecule has 0 aliphatic heterocycles. The Morgan fingerprint density at radius 2 is 2.07 bits per heavy atom. The number of nitrogens with zero attached hydrogens (tertiary/aromatic N) is 2. The van der Waals surface area contributed by atoms with Gasteiger partial charge in [0.15, 0.2) is 21.8 Å². The van der Waals surface area contributed by atoms with Crippen LogP contribution in [0.25, 0.3) is 5.65 Å². The molecule has 3 aromatic rings. The first kappa shape index (κ1) is 19.2. The summed E-state index contributed by atoms with van der Waals surface area (Å²) in [5, 5.41) is 2.77. The molecule has 1 aromatic carbocycles. The fourth-order valence-electron chi connectivity index (χ4n) is 2.76. The summed E-state index contributed by atoms with van der Waals surface area (Å²) < 4.78 is 25.8. The van der Waals surface area contributed by atoms with Gasteiger partial charge in [-0.1, -0.05) is 18.2 Å². The molecular weight excluding hydrogens is 434 g/mol. The molecule has 7 nitrogen and oxygen atoms in total. The Morgan fingerprint density at radius 3 is 2.78 bits per heavy atom. The predicted molar refractivity (Wildman–Crippen MR) is 104 cm³/mol. The van der Waals surface area contributed by atoms with Crippen molar-refractivity contribution in [2.24, 2.45) is 0 Å². The van der Waals surface area contributed by atoms with E-state index in [1.54, 1.807) is 30.3 Å². The van der Waals surface area contributed by atoms with E-state index in [0.717, 1.165) is 6.26 Å². The third-order valence-corrected chi connectivity index (χ3v) is 5.81. The molecule has 1 N–H and O–H groups in total. The number of nitrogens with one attached hydrogen (secondary N) is 1. The van der Waals surface area contributed by atoms with Crippen molar-refractivity contribution in [2.45, 2.75) is 11.3 Å². The molecule has 0 radical (unpaired) electrons. The van der Waals surface area contributed by atoms with Crippen molar-refractivity contribution in [1.29, 1.82) is 0 Å². The van der Waals surface area contributed by atoms with Crippen LogP contribution in [-0.2, 0) is 16.3 Å². The monoisotopic (exact) mass is 449 g/mol. The lowest BCUT2D eigenvalue weighted by atomic mass is 10.1. The van der Waals surface area contributed by atoms with Gasteiger partial charge in [0.25, 0.3) is 5.91 Å². The molecule has 9 heteroatoms. The molecular formula is C18H16BrN3O4S. The van der Waals surface area contributed by atoms with Crippen molar-refractivity contribution in [3.63, 3.8) is 0 Å². The number of imidazole rings is 1. The normalized spacial score (nSPS) is 11.5. The Kier molecular flexibility index (Phi) is 5.43. The Hall–Kier alpha value is -2.52. The maximum atomic E-state index is 12.5. The molecule has 0 saturated heterocycles. The topological polar surface area (TPSA) is 97.6 Å². The molecule has 0 atom stereocenters. The molecule has 2 aromatic heterocycles. The summed E-state index contributed by atoms with van der Waals surface area (Å²) in [6, 6.07) is 8.33. The van der Waals surface area contributed by atoms with Crippen LogP contribution in [-0.4, -0.2) is 42.8 Å². The van der Waals surface area contributed by atoms with E-state index in [0.29, 0.717) is 39.6 Å². The molecule has 0 aliphatic rings. The zero-order chi connectivity index (χ0) is 19.6. The standard InChI is InChI=1S/C18H16BrN3O4S/c1-27(25,26)16-5-3-2-4-12(16)6-7-20-18(24)13-8-15(19)17-21-9-14(11-23)22(17)10-13/h2-5,8-11H,6-7H2,1H3,(H,20,24). The summed E-state index contributed by atoms with van der Waals surface area (Å²) in [4.78, 5) is 27.9. The van der Waals surface area contributed by atoms with Gasteiger partial charge in [0.1, 0.15) is 5.69 Å². The number of aromatic nitrogens is 2. The minimum Gasteiger partial charge on any atom is -0.352 e. The number of hydrogen-bond acceptors (Lipinski definition) is 5. The highest BCUT2D eigenvalue weighted by molar-refractivity contribution is 9.10. The maximum absolute atomic E-state index is 12.5. The number of pyridine rings is 1. The summed E-state index contributed by atoms with van der Waals surface area (Å²) in [6.07, 6.45) is 5.17. The molecule has 2 heterocycles. The average molecular weight is 450 g/mol. The van der Waals surface area contributed by atoms with Gasteiger partial charge in [-0.05, 0) is 40.0 Å². The molecule has 0 bridgehead atoms. The number of amides is 1. The first-order chi connectivity index (χ1) is 12.8. The van der Waals surface area contributed by atoms with E-state index in [4.69, 9.17) is 0 Å². The number of halogens is 1. The van der Waals surface area contributed by atoms with Gasteiger partial charge < -0.3 is 5.32 Å². The van der Waals surface area contributed by atoms with Crippen LogP contribution < -0.4 is 5.32 Å². The Labute approximate surface area is 164 Å². The zero-order valence-electron chi connectivity index (χ0n) is 14.3. The molecule has 0 spiro atoms. The second-order valence-electron chi connectivity index (χ2n) is 5.96. The van der Waals surface area contributed by atoms with E-state index in [1.165, 1.54) is 16.8 Å². The number of rotatable bonds is 6. The summed E-state index contributed by atoms with van der Waals surface area (Å²) >= 11 is 3.35. The van der Waals surface area contributed by atoms with Crippen molar-refractivity contribution < 1.29 is 18.0 Å². The first-order valence-electron chi connectivity index (χ1n) is 7.99. The third-order valence-electron chi connectivity index (χ3n) is 4.02. The summed E-state index contributed by atoms with van der Waals surface area (Å²) in [5.41, 5.74) is 1.87. The van der Waals surface area contributed by atoms with Gasteiger partial charge in [-0.25, -0.2) is 13.4 Å². The third kappa shape index (κ3) is 4.09. The fraction of sp³-hybridized carbons (Fsp3) is 0.167. The van der Waals surface area contributed by atoms with Crippen molar-refractivity contribution in [3.05, 3.63) is 64.0 Å². The highest BCUT2D eigenvalue weighted by Crippen LogP contribution is 2.20. The zero-order valence-corrected chi connectivity index (χ0v) is 16.7. The van der Waals surface area contributed by atoms with Crippen molar-refractivity contribution in [2.75, 3.05) is 12.8 Å². The Balaban J connectivity index is 1.76. The van der Waals surface area contributed by atoms with Crippen LogP contribution >= 0.6 is 15.9 Å². The largest absolute Gasteiger partial charge is 0.352 e. The highest BCUT2D eigenvalue weighted by atomic mass is 79.9. The molecule has 1 amide bonds. The van der Waals surface area contributed by atoms with Gasteiger partial charge in [-0.2, -0.15) is 0 Å². The van der Waals surface area contributed by atoms with Crippen molar-refractivity contribution in [1.82, 2.24) is 14.7 Å². The summed E-state index contributed by atoms with van der Waals surface area (Å²) in [5.74, 6) is -0.333. The highest BCUT2D eigenvalue weighted by Gasteiger charge is 2.14. The van der Waals surface area contributed by atoms with E-state index >= 15 is 0 Å². The van der Waals surface area contributed by atoms with E-state index in [2.05, 4.69) is 26.2 Å². The molecule has 3 rings (SSSR count). The second kappa shape index (κ2) is 7.61. The van der Waals surface area contributed by atoms with E-state index in [1.807, 2.05) is 0 Å². The molecule has 0 saturated carbocycles.